The summed E-state index contributed by atoms with van der Waals surface area (Å²) in [5.74, 6) is -0.0749. The van der Waals surface area contributed by atoms with Crippen LogP contribution in [0.2, 0.25) is 0 Å². The fraction of sp³-hybridized carbons (Fsp3) is 0.632. The van der Waals surface area contributed by atoms with Crippen molar-refractivity contribution in [2.45, 2.75) is 45.4 Å². The van der Waals surface area contributed by atoms with E-state index in [1.807, 2.05) is 13.0 Å². The maximum Gasteiger partial charge on any atom is 0.334 e. The van der Waals surface area contributed by atoms with Crippen LogP contribution in [0.4, 0.5) is 0 Å². The molecule has 3 unspecified atom stereocenters. The Morgan fingerprint density at radius 3 is 2.83 bits per heavy atom. The summed E-state index contributed by atoms with van der Waals surface area (Å²) in [7, 11) is 0. The third kappa shape index (κ3) is 2.10. The van der Waals surface area contributed by atoms with E-state index in [2.05, 4.69) is 0 Å². The lowest BCUT2D eigenvalue weighted by molar-refractivity contribution is -0.143. The number of carbonyl (C=O) groups excluding carboxylic acids is 3. The summed E-state index contributed by atoms with van der Waals surface area (Å²) in [6.07, 6.45) is 7.90. The van der Waals surface area contributed by atoms with Crippen LogP contribution >= 0.6 is 0 Å². The molecule has 2 aliphatic heterocycles. The summed E-state index contributed by atoms with van der Waals surface area (Å²) in [6.45, 7) is 2.80. The van der Waals surface area contributed by atoms with Crippen molar-refractivity contribution in [1.29, 1.82) is 0 Å². The van der Waals surface area contributed by atoms with E-state index >= 15 is 0 Å². The van der Waals surface area contributed by atoms with Crippen LogP contribution < -0.4 is 0 Å². The molecule has 0 bridgehead atoms. The second kappa shape index (κ2) is 5.30. The van der Waals surface area contributed by atoms with Gasteiger partial charge in [-0.25, -0.2) is 9.59 Å². The van der Waals surface area contributed by atoms with Crippen molar-refractivity contribution >= 4 is 17.7 Å². The Morgan fingerprint density at radius 2 is 2.08 bits per heavy atom. The first-order chi connectivity index (χ1) is 11.5. The molecule has 1 saturated heterocycles. The molecule has 1 spiro atoms. The van der Waals surface area contributed by atoms with E-state index in [0.717, 1.165) is 24.0 Å². The van der Waals surface area contributed by atoms with E-state index in [9.17, 15) is 14.4 Å². The van der Waals surface area contributed by atoms with Gasteiger partial charge in [-0.2, -0.15) is 0 Å². The fourth-order valence-electron chi connectivity index (χ4n) is 5.22. The van der Waals surface area contributed by atoms with Gasteiger partial charge in [-0.05, 0) is 43.6 Å². The van der Waals surface area contributed by atoms with Crippen LogP contribution in [0, 0.1) is 16.7 Å². The number of Topliss-reactive ketones (excluding diaryl/α,β-unsaturated/α-hetero) is 1. The predicted octanol–water partition coefficient (Wildman–Crippen LogP) is 2.50. The highest BCUT2D eigenvalue weighted by Gasteiger charge is 2.61. The largest absolute Gasteiger partial charge is 0.461 e. The van der Waals surface area contributed by atoms with Gasteiger partial charge in [0.1, 0.15) is 19.0 Å². The van der Waals surface area contributed by atoms with Gasteiger partial charge < -0.3 is 9.47 Å². The number of ether oxygens (including phenoxy) is 2. The summed E-state index contributed by atoms with van der Waals surface area (Å²) < 4.78 is 10.3. The van der Waals surface area contributed by atoms with Gasteiger partial charge in [0.15, 0.2) is 0 Å². The molecule has 0 N–H and O–H groups in total. The summed E-state index contributed by atoms with van der Waals surface area (Å²) in [6, 6.07) is 0. The molecule has 0 aromatic carbocycles. The Kier molecular flexibility index (Phi) is 3.44. The van der Waals surface area contributed by atoms with Crippen LogP contribution in [0.1, 0.15) is 45.4 Å². The van der Waals surface area contributed by atoms with E-state index in [0.29, 0.717) is 38.9 Å². The first-order valence-electron chi connectivity index (χ1n) is 8.73. The average Bonchev–Trinajstić information content (AvgIpc) is 3.13. The fourth-order valence-corrected chi connectivity index (χ4v) is 5.22. The van der Waals surface area contributed by atoms with Gasteiger partial charge in [0.2, 0.25) is 0 Å². The molecule has 2 aliphatic carbocycles. The van der Waals surface area contributed by atoms with E-state index in [-0.39, 0.29) is 29.1 Å². The average molecular weight is 330 g/mol. The SMILES string of the molecule is CC1(CCC2=CC(=O)OC2)C(=O)CCC23COC(=O)C2=CCCC13. The van der Waals surface area contributed by atoms with Gasteiger partial charge in [0, 0.05) is 28.9 Å². The van der Waals surface area contributed by atoms with Crippen molar-refractivity contribution in [3.8, 4) is 0 Å². The molecule has 128 valence electrons. The Morgan fingerprint density at radius 1 is 1.25 bits per heavy atom. The summed E-state index contributed by atoms with van der Waals surface area (Å²) in [5, 5.41) is 0. The molecule has 5 nitrogen and oxygen atoms in total. The van der Waals surface area contributed by atoms with Crippen LogP contribution in [0.25, 0.3) is 0 Å². The van der Waals surface area contributed by atoms with Gasteiger partial charge in [-0.15, -0.1) is 0 Å². The molecule has 24 heavy (non-hydrogen) atoms. The molecule has 4 aliphatic rings. The van der Waals surface area contributed by atoms with E-state index in [1.165, 1.54) is 0 Å². The molecular formula is C19H22O5. The Labute approximate surface area is 141 Å². The minimum absolute atomic E-state index is 0.135. The molecule has 0 aromatic heterocycles. The molecule has 4 rings (SSSR count). The van der Waals surface area contributed by atoms with Crippen molar-refractivity contribution in [3.05, 3.63) is 23.3 Å². The van der Waals surface area contributed by atoms with Crippen LogP contribution in [-0.2, 0) is 23.9 Å². The van der Waals surface area contributed by atoms with Crippen molar-refractivity contribution in [3.63, 3.8) is 0 Å². The Hall–Kier alpha value is -1.91. The normalized spacial score (nSPS) is 38.0. The molecule has 0 aromatic rings. The van der Waals surface area contributed by atoms with Gasteiger partial charge >= 0.3 is 11.9 Å². The summed E-state index contributed by atoms with van der Waals surface area (Å²) in [4.78, 5) is 36.2. The number of hydrogen-bond acceptors (Lipinski definition) is 5. The lowest BCUT2D eigenvalue weighted by Crippen LogP contribution is -2.52. The van der Waals surface area contributed by atoms with E-state index in [1.54, 1.807) is 6.08 Å². The van der Waals surface area contributed by atoms with Crippen molar-refractivity contribution < 1.29 is 23.9 Å². The Balaban J connectivity index is 1.63. The second-order valence-corrected chi connectivity index (χ2v) is 7.73. The quantitative estimate of drug-likeness (QED) is 0.744. The first-order valence-corrected chi connectivity index (χ1v) is 8.73. The number of ketones is 1. The maximum absolute atomic E-state index is 12.8. The molecule has 0 amide bonds. The number of cyclic esters (lactones) is 2. The highest BCUT2D eigenvalue weighted by Crippen LogP contribution is 2.61. The van der Waals surface area contributed by atoms with Crippen LogP contribution in [-0.4, -0.2) is 30.9 Å². The van der Waals surface area contributed by atoms with Gasteiger partial charge in [0.05, 0.1) is 0 Å². The third-order valence-electron chi connectivity index (χ3n) is 6.58. The molecule has 2 heterocycles. The lowest BCUT2D eigenvalue weighted by Gasteiger charge is -2.52. The summed E-state index contributed by atoms with van der Waals surface area (Å²) in [5.41, 5.74) is 1.00. The zero-order valence-corrected chi connectivity index (χ0v) is 13.9. The number of rotatable bonds is 3. The van der Waals surface area contributed by atoms with E-state index in [4.69, 9.17) is 9.47 Å². The van der Waals surface area contributed by atoms with Crippen LogP contribution in [0.5, 0.6) is 0 Å². The topological polar surface area (TPSA) is 69.7 Å². The standard InChI is InChI=1S/C19H22O5/c1-18(7-5-12-9-16(21)23-10-12)14-4-2-3-13-17(22)24-11-19(13,14)8-6-15(18)20/h3,9,14H,2,4-8,10-11H2,1H3. The molecule has 2 fully saturated rings. The van der Waals surface area contributed by atoms with Gasteiger partial charge in [-0.1, -0.05) is 13.0 Å². The zero-order valence-electron chi connectivity index (χ0n) is 13.9. The predicted molar refractivity (Wildman–Crippen MR) is 84.8 cm³/mol. The highest BCUT2D eigenvalue weighted by molar-refractivity contribution is 5.94. The molecular weight excluding hydrogens is 308 g/mol. The van der Waals surface area contributed by atoms with Crippen LogP contribution in [0.15, 0.2) is 23.3 Å². The number of hydrogen-bond donors (Lipinski definition) is 0. The molecule has 0 radical (unpaired) electrons. The highest BCUT2D eigenvalue weighted by atomic mass is 16.5. The molecule has 3 atom stereocenters. The van der Waals surface area contributed by atoms with Gasteiger partial charge in [-0.3, -0.25) is 4.79 Å². The van der Waals surface area contributed by atoms with Crippen molar-refractivity contribution in [2.24, 2.45) is 16.7 Å². The summed E-state index contributed by atoms with van der Waals surface area (Å²) >= 11 is 0. The van der Waals surface area contributed by atoms with Gasteiger partial charge in [0.25, 0.3) is 0 Å². The van der Waals surface area contributed by atoms with Crippen molar-refractivity contribution in [2.75, 3.05) is 13.2 Å². The number of allylic oxidation sites excluding steroid dienone is 1. The number of esters is 2. The van der Waals surface area contributed by atoms with Crippen LogP contribution in [0.3, 0.4) is 0 Å². The minimum Gasteiger partial charge on any atom is -0.461 e. The first kappa shape index (κ1) is 15.6. The molecule has 1 saturated carbocycles. The molecule has 5 heteroatoms. The smallest absolute Gasteiger partial charge is 0.334 e. The van der Waals surface area contributed by atoms with E-state index < -0.39 is 5.41 Å². The van der Waals surface area contributed by atoms with Crippen molar-refractivity contribution in [1.82, 2.24) is 0 Å². The second-order valence-electron chi connectivity index (χ2n) is 7.73. The third-order valence-corrected chi connectivity index (χ3v) is 6.58. The maximum atomic E-state index is 12.8. The number of carbonyl (C=O) groups is 3. The Bertz CT molecular complexity index is 688. The lowest BCUT2D eigenvalue weighted by atomic mass is 9.49. The zero-order chi connectivity index (χ0) is 16.9. The monoisotopic (exact) mass is 330 g/mol. The minimum atomic E-state index is -0.474.